The second-order valence-electron chi connectivity index (χ2n) is 6.76. The van der Waals surface area contributed by atoms with E-state index in [4.69, 9.17) is 9.47 Å². The van der Waals surface area contributed by atoms with Gasteiger partial charge in [0.1, 0.15) is 17.1 Å². The predicted molar refractivity (Wildman–Crippen MR) is 79.1 cm³/mol. The third-order valence-electron chi connectivity index (χ3n) is 5.65. The number of ketones is 1. The first-order chi connectivity index (χ1) is 10.7. The van der Waals surface area contributed by atoms with Crippen LogP contribution in [-0.2, 0) is 23.9 Å². The van der Waals surface area contributed by atoms with Crippen molar-refractivity contribution in [3.63, 3.8) is 0 Å². The lowest BCUT2D eigenvalue weighted by Crippen LogP contribution is -2.58. The Hall–Kier alpha value is -1.95. The summed E-state index contributed by atoms with van der Waals surface area (Å²) in [4.78, 5) is 35.6. The summed E-state index contributed by atoms with van der Waals surface area (Å²) in [5.41, 5.74) is -2.48. The number of hydrogen-bond donors (Lipinski definition) is 1. The van der Waals surface area contributed by atoms with E-state index in [0.29, 0.717) is 18.4 Å². The molecule has 2 aliphatic carbocycles. The zero-order chi connectivity index (χ0) is 17.0. The van der Waals surface area contributed by atoms with Crippen molar-refractivity contribution >= 4 is 17.7 Å². The van der Waals surface area contributed by atoms with Gasteiger partial charge in [0.25, 0.3) is 0 Å². The van der Waals surface area contributed by atoms with Crippen LogP contribution in [0.25, 0.3) is 0 Å². The number of carbonyl (C=O) groups excluding carboxylic acids is 3. The van der Waals surface area contributed by atoms with Gasteiger partial charge in [0.15, 0.2) is 5.78 Å². The van der Waals surface area contributed by atoms with Gasteiger partial charge in [0, 0.05) is 24.3 Å². The van der Waals surface area contributed by atoms with E-state index in [0.717, 1.165) is 0 Å². The molecule has 1 aliphatic heterocycles. The maximum absolute atomic E-state index is 12.6. The van der Waals surface area contributed by atoms with Gasteiger partial charge in [0.05, 0.1) is 6.61 Å². The number of carbonyl (C=O) groups is 3. The van der Waals surface area contributed by atoms with E-state index in [9.17, 15) is 19.5 Å². The molecule has 0 aromatic carbocycles. The highest BCUT2D eigenvalue weighted by Crippen LogP contribution is 2.56. The van der Waals surface area contributed by atoms with E-state index < -0.39 is 35.0 Å². The number of allylic oxidation sites excluding steroid dienone is 1. The second-order valence-corrected chi connectivity index (χ2v) is 6.76. The minimum Gasteiger partial charge on any atom is -0.465 e. The molecule has 6 nitrogen and oxygen atoms in total. The van der Waals surface area contributed by atoms with Crippen molar-refractivity contribution in [1.82, 2.24) is 0 Å². The van der Waals surface area contributed by atoms with Gasteiger partial charge in [-0.15, -0.1) is 0 Å². The van der Waals surface area contributed by atoms with Crippen molar-refractivity contribution in [1.29, 1.82) is 0 Å². The molecule has 2 fully saturated rings. The van der Waals surface area contributed by atoms with Gasteiger partial charge in [-0.05, 0) is 31.9 Å². The molecule has 0 bridgehead atoms. The topological polar surface area (TPSA) is 89.9 Å². The lowest BCUT2D eigenvalue weighted by atomic mass is 9.64. The van der Waals surface area contributed by atoms with Crippen molar-refractivity contribution in [2.45, 2.75) is 38.4 Å². The summed E-state index contributed by atoms with van der Waals surface area (Å²) in [6.45, 7) is 6.71. The van der Waals surface area contributed by atoms with Crippen LogP contribution in [0.4, 0.5) is 0 Å². The fourth-order valence-corrected chi connectivity index (χ4v) is 4.16. The van der Waals surface area contributed by atoms with Crippen molar-refractivity contribution in [2.24, 2.45) is 17.3 Å². The molecule has 1 N–H and O–H groups in total. The lowest BCUT2D eigenvalue weighted by molar-refractivity contribution is -0.170. The molecule has 3 rings (SSSR count). The Morgan fingerprint density at radius 3 is 2.83 bits per heavy atom. The summed E-state index contributed by atoms with van der Waals surface area (Å²) < 4.78 is 10.5. The summed E-state index contributed by atoms with van der Waals surface area (Å²) >= 11 is 0. The molecular formula is C17H20O6. The van der Waals surface area contributed by atoms with Gasteiger partial charge >= 0.3 is 11.9 Å². The van der Waals surface area contributed by atoms with Crippen LogP contribution in [0.2, 0.25) is 0 Å². The van der Waals surface area contributed by atoms with Crippen LogP contribution >= 0.6 is 0 Å². The van der Waals surface area contributed by atoms with E-state index in [2.05, 4.69) is 6.58 Å². The van der Waals surface area contributed by atoms with E-state index in [1.807, 2.05) is 0 Å². The van der Waals surface area contributed by atoms with Crippen LogP contribution in [0.1, 0.15) is 26.7 Å². The van der Waals surface area contributed by atoms with E-state index >= 15 is 0 Å². The van der Waals surface area contributed by atoms with Crippen molar-refractivity contribution in [3.8, 4) is 0 Å². The van der Waals surface area contributed by atoms with Gasteiger partial charge in [-0.3, -0.25) is 9.59 Å². The van der Waals surface area contributed by atoms with Crippen molar-refractivity contribution in [3.05, 3.63) is 24.3 Å². The van der Waals surface area contributed by atoms with Crippen LogP contribution in [0.5, 0.6) is 0 Å². The Balaban J connectivity index is 2.03. The summed E-state index contributed by atoms with van der Waals surface area (Å²) in [6, 6.07) is 0. The Morgan fingerprint density at radius 2 is 2.17 bits per heavy atom. The third-order valence-corrected chi connectivity index (χ3v) is 5.65. The number of hydrogen-bond acceptors (Lipinski definition) is 6. The second kappa shape index (κ2) is 5.03. The standard InChI is InChI=1S/C17H20O6/c1-9-12-5-4-11(8-22-10(2)18)17(21)7-6-13(19)16(17,3)14(12)23-15(9)20/h6-7,11-12,14,21H,1,4-5,8H2,2-3H3/t11-,12+,14-,16?,17+/m1/s1. The van der Waals surface area contributed by atoms with Gasteiger partial charge in [-0.1, -0.05) is 6.58 Å². The first-order valence-corrected chi connectivity index (χ1v) is 7.71. The average molecular weight is 320 g/mol. The highest BCUT2D eigenvalue weighted by Gasteiger charge is 2.67. The zero-order valence-electron chi connectivity index (χ0n) is 13.2. The number of ether oxygens (including phenoxy) is 2. The molecule has 5 atom stereocenters. The van der Waals surface area contributed by atoms with Gasteiger partial charge in [0.2, 0.25) is 0 Å². The number of rotatable bonds is 2. The maximum atomic E-state index is 12.6. The number of fused-ring (bicyclic) bond motifs is 3. The minimum absolute atomic E-state index is 0.0128. The Bertz CT molecular complexity index is 635. The summed E-state index contributed by atoms with van der Waals surface area (Å²) in [5.74, 6) is -2.00. The van der Waals surface area contributed by atoms with Gasteiger partial charge in [-0.2, -0.15) is 0 Å². The summed E-state index contributed by atoms with van der Waals surface area (Å²) in [7, 11) is 0. The Morgan fingerprint density at radius 1 is 1.48 bits per heavy atom. The van der Waals surface area contributed by atoms with E-state index in [-0.39, 0.29) is 18.3 Å². The quantitative estimate of drug-likeness (QED) is 0.601. The molecule has 1 saturated heterocycles. The molecule has 3 aliphatic rings. The third kappa shape index (κ3) is 2.01. The fraction of sp³-hybridized carbons (Fsp3) is 0.588. The number of aliphatic hydroxyl groups is 1. The molecule has 23 heavy (non-hydrogen) atoms. The van der Waals surface area contributed by atoms with Crippen LogP contribution in [0.3, 0.4) is 0 Å². The predicted octanol–water partition coefficient (Wildman–Crippen LogP) is 0.934. The monoisotopic (exact) mass is 320 g/mol. The summed E-state index contributed by atoms with van der Waals surface area (Å²) in [5, 5.41) is 11.3. The molecule has 1 heterocycles. The molecule has 124 valence electrons. The van der Waals surface area contributed by atoms with Crippen LogP contribution in [0.15, 0.2) is 24.3 Å². The maximum Gasteiger partial charge on any atom is 0.334 e. The largest absolute Gasteiger partial charge is 0.465 e. The molecule has 1 unspecified atom stereocenters. The average Bonchev–Trinajstić information content (AvgIpc) is 2.87. The minimum atomic E-state index is -1.52. The van der Waals surface area contributed by atoms with Gasteiger partial charge in [-0.25, -0.2) is 4.79 Å². The molecule has 0 spiro atoms. The van der Waals surface area contributed by atoms with E-state index in [1.54, 1.807) is 6.92 Å². The molecule has 0 aromatic rings. The molecule has 1 saturated carbocycles. The van der Waals surface area contributed by atoms with E-state index in [1.165, 1.54) is 19.1 Å². The molecule has 0 aromatic heterocycles. The molecule has 0 amide bonds. The molecule has 6 heteroatoms. The normalized spacial score (nSPS) is 42.0. The molecule has 0 radical (unpaired) electrons. The number of esters is 2. The van der Waals surface area contributed by atoms with Crippen molar-refractivity contribution < 1.29 is 29.0 Å². The summed E-state index contributed by atoms with van der Waals surface area (Å²) in [6.07, 6.45) is 3.07. The highest BCUT2D eigenvalue weighted by molar-refractivity contribution is 6.01. The molecular weight excluding hydrogens is 300 g/mol. The van der Waals surface area contributed by atoms with Crippen LogP contribution in [0, 0.1) is 17.3 Å². The van der Waals surface area contributed by atoms with Crippen LogP contribution < -0.4 is 0 Å². The SMILES string of the molecule is C=C1C(=O)O[C@@H]2[C@H]1CC[C@H](COC(C)=O)[C@@]1(O)C=CC(=O)C21C. The fourth-order valence-electron chi connectivity index (χ4n) is 4.16. The Kier molecular flexibility index (Phi) is 3.48. The Labute approximate surface area is 134 Å². The zero-order valence-corrected chi connectivity index (χ0v) is 13.2. The highest BCUT2D eigenvalue weighted by atomic mass is 16.6. The lowest BCUT2D eigenvalue weighted by Gasteiger charge is -2.44. The smallest absolute Gasteiger partial charge is 0.334 e. The van der Waals surface area contributed by atoms with Gasteiger partial charge < -0.3 is 14.6 Å². The van der Waals surface area contributed by atoms with Crippen LogP contribution in [-0.4, -0.2) is 41.1 Å². The first kappa shape index (κ1) is 15.9. The first-order valence-electron chi connectivity index (χ1n) is 7.71. The van der Waals surface area contributed by atoms with Crippen molar-refractivity contribution in [2.75, 3.05) is 6.61 Å².